The van der Waals surface area contributed by atoms with Crippen molar-refractivity contribution in [2.24, 2.45) is 0 Å². The van der Waals surface area contributed by atoms with Gasteiger partial charge in [0.25, 0.3) is 0 Å². The molecule has 0 radical (unpaired) electrons. The quantitative estimate of drug-likeness (QED) is 0.682. The van der Waals surface area contributed by atoms with E-state index in [-0.39, 0.29) is 0 Å². The van der Waals surface area contributed by atoms with Gasteiger partial charge in [-0.2, -0.15) is 0 Å². The number of nitrogens with zero attached hydrogens (tertiary/aromatic N) is 1. The van der Waals surface area contributed by atoms with Gasteiger partial charge in [0, 0.05) is 23.9 Å². The molecule has 0 spiro atoms. The molecule has 2 nitrogen and oxygen atoms in total. The summed E-state index contributed by atoms with van der Waals surface area (Å²) >= 11 is 6.18. The molecule has 0 aromatic heterocycles. The molecule has 2 aliphatic rings. The monoisotopic (exact) mass is 229 g/mol. The number of unbranched alkanes of at least 4 members (excludes halogenated alkanes) is 1. The van der Waals surface area contributed by atoms with Gasteiger partial charge in [-0.1, -0.05) is 13.3 Å². The van der Waals surface area contributed by atoms with Crippen molar-refractivity contribution >= 4 is 17.5 Å². The second-order valence-corrected chi connectivity index (χ2v) is 5.48. The van der Waals surface area contributed by atoms with Crippen molar-refractivity contribution in [3.63, 3.8) is 0 Å². The third kappa shape index (κ3) is 2.30. The van der Waals surface area contributed by atoms with Gasteiger partial charge < -0.3 is 4.90 Å². The van der Waals surface area contributed by atoms with E-state index in [1.54, 1.807) is 0 Å². The first-order valence-electron chi connectivity index (χ1n) is 6.17. The standard InChI is InChI=1S/C12H20ClNO/c1-2-3-4-12(15)14-10-5-6-11(14)8-9(13)7-10/h9-11H,2-8H2,1H3. The summed E-state index contributed by atoms with van der Waals surface area (Å²) in [6, 6.07) is 0.909. The van der Waals surface area contributed by atoms with Gasteiger partial charge in [-0.3, -0.25) is 4.79 Å². The zero-order valence-corrected chi connectivity index (χ0v) is 10.2. The van der Waals surface area contributed by atoms with Gasteiger partial charge in [-0.05, 0) is 32.1 Å². The maximum Gasteiger partial charge on any atom is 0.223 e. The van der Waals surface area contributed by atoms with Gasteiger partial charge in [0.05, 0.1) is 0 Å². The second-order valence-electron chi connectivity index (χ2n) is 4.86. The summed E-state index contributed by atoms with van der Waals surface area (Å²) in [5.41, 5.74) is 0. The van der Waals surface area contributed by atoms with Crippen molar-refractivity contribution in [3.05, 3.63) is 0 Å². The third-order valence-electron chi connectivity index (χ3n) is 3.71. The highest BCUT2D eigenvalue weighted by Gasteiger charge is 2.42. The van der Waals surface area contributed by atoms with E-state index in [2.05, 4.69) is 11.8 Å². The lowest BCUT2D eigenvalue weighted by Crippen LogP contribution is -2.46. The largest absolute Gasteiger partial charge is 0.337 e. The summed E-state index contributed by atoms with van der Waals surface area (Å²) in [5, 5.41) is 0.303. The van der Waals surface area contributed by atoms with Gasteiger partial charge in [0.2, 0.25) is 5.91 Å². The first-order chi connectivity index (χ1) is 7.22. The molecular weight excluding hydrogens is 210 g/mol. The van der Waals surface area contributed by atoms with Gasteiger partial charge in [-0.15, -0.1) is 11.6 Å². The van der Waals surface area contributed by atoms with Crippen LogP contribution >= 0.6 is 11.6 Å². The number of amides is 1. The van der Waals surface area contributed by atoms with Crippen molar-refractivity contribution in [1.82, 2.24) is 4.90 Å². The fourth-order valence-electron chi connectivity index (χ4n) is 2.97. The highest BCUT2D eigenvalue weighted by atomic mass is 35.5. The number of carbonyl (C=O) groups excluding carboxylic acids is 1. The van der Waals surface area contributed by atoms with E-state index in [1.807, 2.05) is 0 Å². The summed E-state index contributed by atoms with van der Waals surface area (Å²) in [6.45, 7) is 2.13. The summed E-state index contributed by atoms with van der Waals surface area (Å²) < 4.78 is 0. The number of alkyl halides is 1. The molecule has 3 heteroatoms. The molecule has 2 saturated heterocycles. The lowest BCUT2D eigenvalue weighted by atomic mass is 10.0. The van der Waals surface area contributed by atoms with E-state index in [9.17, 15) is 4.79 Å². The fraction of sp³-hybridized carbons (Fsp3) is 0.917. The molecule has 0 N–H and O–H groups in total. The van der Waals surface area contributed by atoms with Crippen LogP contribution in [0, 0.1) is 0 Å². The minimum absolute atomic E-state index is 0.303. The van der Waals surface area contributed by atoms with Crippen LogP contribution in [-0.2, 0) is 4.79 Å². The molecule has 2 fully saturated rings. The minimum Gasteiger partial charge on any atom is -0.337 e. The number of hydrogen-bond acceptors (Lipinski definition) is 1. The zero-order chi connectivity index (χ0) is 10.8. The van der Waals surface area contributed by atoms with Crippen LogP contribution in [0.4, 0.5) is 0 Å². The maximum absolute atomic E-state index is 12.0. The van der Waals surface area contributed by atoms with Crippen LogP contribution in [0.5, 0.6) is 0 Å². The molecule has 0 aliphatic carbocycles. The van der Waals surface area contributed by atoms with Gasteiger partial charge in [0.1, 0.15) is 0 Å². The predicted molar refractivity (Wildman–Crippen MR) is 62.1 cm³/mol. The lowest BCUT2D eigenvalue weighted by molar-refractivity contribution is -0.135. The molecular formula is C12H20ClNO. The predicted octanol–water partition coefficient (Wildman–Crippen LogP) is 2.94. The van der Waals surface area contributed by atoms with Crippen LogP contribution in [0.15, 0.2) is 0 Å². The van der Waals surface area contributed by atoms with Crippen LogP contribution < -0.4 is 0 Å². The second kappa shape index (κ2) is 4.73. The van der Waals surface area contributed by atoms with Crippen molar-refractivity contribution in [3.8, 4) is 0 Å². The summed E-state index contributed by atoms with van der Waals surface area (Å²) in [5.74, 6) is 0.368. The Kier molecular flexibility index (Phi) is 3.55. The first kappa shape index (κ1) is 11.3. The molecule has 2 bridgehead atoms. The van der Waals surface area contributed by atoms with Gasteiger partial charge in [-0.25, -0.2) is 0 Å². The van der Waals surface area contributed by atoms with Crippen LogP contribution in [0.1, 0.15) is 51.9 Å². The number of carbonyl (C=O) groups is 1. The summed E-state index contributed by atoms with van der Waals surface area (Å²) in [7, 11) is 0. The van der Waals surface area contributed by atoms with E-state index >= 15 is 0 Å². The molecule has 0 aromatic carbocycles. The Morgan fingerprint density at radius 2 is 1.93 bits per heavy atom. The molecule has 2 unspecified atom stereocenters. The molecule has 2 rings (SSSR count). The number of halogens is 1. The smallest absolute Gasteiger partial charge is 0.223 e. The van der Waals surface area contributed by atoms with Crippen molar-refractivity contribution in [2.45, 2.75) is 69.3 Å². The van der Waals surface area contributed by atoms with Crippen molar-refractivity contribution < 1.29 is 4.79 Å². The molecule has 2 heterocycles. The SMILES string of the molecule is CCCCC(=O)N1C2CCC1CC(Cl)C2. The van der Waals surface area contributed by atoms with Crippen molar-refractivity contribution in [1.29, 1.82) is 0 Å². The molecule has 2 aliphatic heterocycles. The minimum atomic E-state index is 0.303. The normalized spacial score (nSPS) is 34.5. The Bertz CT molecular complexity index is 230. The topological polar surface area (TPSA) is 20.3 Å². The maximum atomic E-state index is 12.0. The van der Waals surface area contributed by atoms with Gasteiger partial charge >= 0.3 is 0 Å². The molecule has 1 amide bonds. The molecule has 2 atom stereocenters. The number of hydrogen-bond donors (Lipinski definition) is 0. The zero-order valence-electron chi connectivity index (χ0n) is 9.42. The molecule has 15 heavy (non-hydrogen) atoms. The Morgan fingerprint density at radius 3 is 2.47 bits per heavy atom. The number of rotatable bonds is 3. The van der Waals surface area contributed by atoms with E-state index in [1.165, 1.54) is 12.8 Å². The van der Waals surface area contributed by atoms with Crippen LogP contribution in [0.2, 0.25) is 0 Å². The highest BCUT2D eigenvalue weighted by Crippen LogP contribution is 2.38. The highest BCUT2D eigenvalue weighted by molar-refractivity contribution is 6.20. The Morgan fingerprint density at radius 1 is 1.33 bits per heavy atom. The average molecular weight is 230 g/mol. The van der Waals surface area contributed by atoms with Crippen LogP contribution in [0.25, 0.3) is 0 Å². The Labute approximate surface area is 97.0 Å². The molecule has 0 aromatic rings. The van der Waals surface area contributed by atoms with Crippen LogP contribution in [0.3, 0.4) is 0 Å². The van der Waals surface area contributed by atoms with Crippen LogP contribution in [-0.4, -0.2) is 28.3 Å². The third-order valence-corrected chi connectivity index (χ3v) is 4.06. The lowest BCUT2D eigenvalue weighted by Gasteiger charge is -2.37. The van der Waals surface area contributed by atoms with E-state index in [4.69, 9.17) is 11.6 Å². The van der Waals surface area contributed by atoms with Crippen molar-refractivity contribution in [2.75, 3.05) is 0 Å². The number of fused-ring (bicyclic) bond motifs is 2. The van der Waals surface area contributed by atoms with E-state index in [0.29, 0.717) is 23.4 Å². The summed E-state index contributed by atoms with van der Waals surface area (Å²) in [6.07, 6.45) is 7.23. The first-order valence-corrected chi connectivity index (χ1v) is 6.61. The van der Waals surface area contributed by atoms with E-state index in [0.717, 1.165) is 32.1 Å². The summed E-state index contributed by atoms with van der Waals surface area (Å²) in [4.78, 5) is 14.2. The fourth-order valence-corrected chi connectivity index (χ4v) is 3.39. The molecule has 86 valence electrons. The Hall–Kier alpha value is -0.240. The van der Waals surface area contributed by atoms with Gasteiger partial charge in [0.15, 0.2) is 0 Å². The number of piperidine rings is 1. The average Bonchev–Trinajstić information content (AvgIpc) is 2.48. The molecule has 0 saturated carbocycles. The Balaban J connectivity index is 1.95. The van der Waals surface area contributed by atoms with E-state index < -0.39 is 0 Å².